The third-order valence-corrected chi connectivity index (χ3v) is 2.88. The van der Waals surface area contributed by atoms with Crippen LogP contribution in [0, 0.1) is 5.82 Å². The average Bonchev–Trinajstić information content (AvgIpc) is 2.41. The van der Waals surface area contributed by atoms with Crippen LogP contribution in [0.1, 0.15) is 0 Å². The summed E-state index contributed by atoms with van der Waals surface area (Å²) >= 11 is 0. The SMILES string of the molecule is CN(CC(=O)Nc1ccccc1F)c1ccccc1N. The number of halogens is 1. The molecule has 0 saturated carbocycles. The third kappa shape index (κ3) is 3.26. The zero-order valence-electron chi connectivity index (χ0n) is 11.1. The highest BCUT2D eigenvalue weighted by molar-refractivity contribution is 5.94. The molecule has 5 heteroatoms. The Balaban J connectivity index is 2.02. The molecule has 0 heterocycles. The van der Waals surface area contributed by atoms with Crippen LogP contribution in [0.25, 0.3) is 0 Å². The summed E-state index contributed by atoms with van der Waals surface area (Å²) in [6, 6.07) is 13.3. The molecule has 3 N–H and O–H groups in total. The van der Waals surface area contributed by atoms with Crippen LogP contribution in [-0.4, -0.2) is 19.5 Å². The van der Waals surface area contributed by atoms with E-state index in [-0.39, 0.29) is 18.1 Å². The van der Waals surface area contributed by atoms with Gasteiger partial charge in [-0.25, -0.2) is 4.39 Å². The first kappa shape index (κ1) is 13.9. The topological polar surface area (TPSA) is 58.4 Å². The van der Waals surface area contributed by atoms with Crippen molar-refractivity contribution in [2.75, 3.05) is 29.5 Å². The first-order valence-corrected chi connectivity index (χ1v) is 6.18. The van der Waals surface area contributed by atoms with Crippen LogP contribution in [0.15, 0.2) is 48.5 Å². The highest BCUT2D eigenvalue weighted by Gasteiger charge is 2.11. The van der Waals surface area contributed by atoms with Gasteiger partial charge in [0, 0.05) is 7.05 Å². The number of amides is 1. The van der Waals surface area contributed by atoms with Gasteiger partial charge in [-0.05, 0) is 24.3 Å². The molecule has 20 heavy (non-hydrogen) atoms. The maximum atomic E-state index is 13.4. The average molecular weight is 273 g/mol. The second-order valence-electron chi connectivity index (χ2n) is 4.44. The Morgan fingerprint density at radius 2 is 1.85 bits per heavy atom. The lowest BCUT2D eigenvalue weighted by molar-refractivity contribution is -0.114. The molecule has 0 aliphatic carbocycles. The maximum absolute atomic E-state index is 13.4. The van der Waals surface area contributed by atoms with Crippen molar-refractivity contribution >= 4 is 23.0 Å². The summed E-state index contributed by atoms with van der Waals surface area (Å²) in [5.41, 5.74) is 7.37. The van der Waals surface area contributed by atoms with Crippen LogP contribution in [0.4, 0.5) is 21.5 Å². The van der Waals surface area contributed by atoms with Gasteiger partial charge in [-0.1, -0.05) is 24.3 Å². The zero-order valence-corrected chi connectivity index (χ0v) is 11.1. The molecule has 104 valence electrons. The molecule has 0 unspecified atom stereocenters. The molecule has 2 rings (SSSR count). The standard InChI is InChI=1S/C15H16FN3O/c1-19(14-9-5-3-7-12(14)17)10-15(20)18-13-8-4-2-6-11(13)16/h2-9H,10,17H2,1H3,(H,18,20). The van der Waals surface area contributed by atoms with Crippen molar-refractivity contribution < 1.29 is 9.18 Å². The molecular weight excluding hydrogens is 257 g/mol. The van der Waals surface area contributed by atoms with E-state index in [1.807, 2.05) is 18.2 Å². The van der Waals surface area contributed by atoms with Crippen LogP contribution < -0.4 is 16.0 Å². The lowest BCUT2D eigenvalue weighted by Gasteiger charge is -2.20. The van der Waals surface area contributed by atoms with Gasteiger partial charge in [-0.2, -0.15) is 0 Å². The quantitative estimate of drug-likeness (QED) is 0.841. The van der Waals surface area contributed by atoms with E-state index < -0.39 is 5.82 Å². The second-order valence-corrected chi connectivity index (χ2v) is 4.44. The Bertz CT molecular complexity index is 616. The van der Waals surface area contributed by atoms with E-state index in [0.29, 0.717) is 5.69 Å². The number of hydrogen-bond acceptors (Lipinski definition) is 3. The van der Waals surface area contributed by atoms with E-state index in [1.54, 1.807) is 30.1 Å². The first-order chi connectivity index (χ1) is 9.58. The molecule has 0 aliphatic heterocycles. The highest BCUT2D eigenvalue weighted by Crippen LogP contribution is 2.21. The summed E-state index contributed by atoms with van der Waals surface area (Å²) in [5, 5.41) is 2.53. The number of nitrogens with zero attached hydrogens (tertiary/aromatic N) is 1. The Morgan fingerprint density at radius 1 is 1.20 bits per heavy atom. The van der Waals surface area contributed by atoms with Crippen LogP contribution >= 0.6 is 0 Å². The molecule has 1 amide bonds. The molecule has 0 fully saturated rings. The number of likely N-dealkylation sites (N-methyl/N-ethyl adjacent to an activating group) is 1. The molecule has 0 aliphatic rings. The predicted octanol–water partition coefficient (Wildman–Crippen LogP) is 2.48. The third-order valence-electron chi connectivity index (χ3n) is 2.88. The molecule has 4 nitrogen and oxygen atoms in total. The van der Waals surface area contributed by atoms with Crippen molar-refractivity contribution in [2.45, 2.75) is 0 Å². The van der Waals surface area contributed by atoms with Gasteiger partial charge in [0.25, 0.3) is 0 Å². The summed E-state index contributed by atoms with van der Waals surface area (Å²) < 4.78 is 13.4. The van der Waals surface area contributed by atoms with E-state index in [9.17, 15) is 9.18 Å². The molecule has 0 radical (unpaired) electrons. The number of para-hydroxylation sites is 3. The second kappa shape index (κ2) is 6.06. The fourth-order valence-electron chi connectivity index (χ4n) is 1.89. The first-order valence-electron chi connectivity index (χ1n) is 6.18. The fourth-order valence-corrected chi connectivity index (χ4v) is 1.89. The van der Waals surface area contributed by atoms with E-state index in [4.69, 9.17) is 5.73 Å². The molecule has 0 saturated heterocycles. The summed E-state index contributed by atoms with van der Waals surface area (Å²) in [6.45, 7) is 0.0859. The number of nitrogen functional groups attached to an aromatic ring is 1. The van der Waals surface area contributed by atoms with Gasteiger partial charge in [-0.3, -0.25) is 4.79 Å². The largest absolute Gasteiger partial charge is 0.397 e. The Hall–Kier alpha value is -2.56. The molecule has 0 bridgehead atoms. The van der Waals surface area contributed by atoms with E-state index >= 15 is 0 Å². The van der Waals surface area contributed by atoms with Crippen LogP contribution in [0.3, 0.4) is 0 Å². The molecular formula is C15H16FN3O. The highest BCUT2D eigenvalue weighted by atomic mass is 19.1. The minimum atomic E-state index is -0.456. The van der Waals surface area contributed by atoms with Gasteiger partial charge in [0.15, 0.2) is 0 Å². The summed E-state index contributed by atoms with van der Waals surface area (Å²) in [4.78, 5) is 13.6. The van der Waals surface area contributed by atoms with Gasteiger partial charge in [0.2, 0.25) is 5.91 Å². The number of carbonyl (C=O) groups is 1. The molecule has 0 atom stereocenters. The summed E-state index contributed by atoms with van der Waals surface area (Å²) in [5.74, 6) is -0.761. The van der Waals surface area contributed by atoms with Gasteiger partial charge >= 0.3 is 0 Å². The lowest BCUT2D eigenvalue weighted by atomic mass is 10.2. The Kier molecular flexibility index (Phi) is 4.20. The minimum absolute atomic E-state index is 0.0859. The number of nitrogens with one attached hydrogen (secondary N) is 1. The van der Waals surface area contributed by atoms with Crippen LogP contribution in [0.2, 0.25) is 0 Å². The predicted molar refractivity (Wildman–Crippen MR) is 79.2 cm³/mol. The number of nitrogens with two attached hydrogens (primary N) is 1. The number of carbonyl (C=O) groups excluding carboxylic acids is 1. The van der Waals surface area contributed by atoms with Gasteiger partial charge in [0.05, 0.1) is 23.6 Å². The van der Waals surface area contributed by atoms with E-state index in [1.165, 1.54) is 12.1 Å². The monoisotopic (exact) mass is 273 g/mol. The molecule has 0 aromatic heterocycles. The van der Waals surface area contributed by atoms with E-state index in [2.05, 4.69) is 5.32 Å². The Morgan fingerprint density at radius 3 is 2.55 bits per heavy atom. The molecule has 0 spiro atoms. The van der Waals surface area contributed by atoms with Crippen LogP contribution in [-0.2, 0) is 4.79 Å². The molecule has 2 aromatic carbocycles. The minimum Gasteiger partial charge on any atom is -0.397 e. The van der Waals surface area contributed by atoms with Gasteiger partial charge in [-0.15, -0.1) is 0 Å². The number of rotatable bonds is 4. The smallest absolute Gasteiger partial charge is 0.243 e. The van der Waals surface area contributed by atoms with Crippen molar-refractivity contribution in [1.29, 1.82) is 0 Å². The Labute approximate surface area is 117 Å². The maximum Gasteiger partial charge on any atom is 0.243 e. The van der Waals surface area contributed by atoms with E-state index in [0.717, 1.165) is 5.69 Å². The zero-order chi connectivity index (χ0) is 14.5. The fraction of sp³-hybridized carbons (Fsp3) is 0.133. The van der Waals surface area contributed by atoms with Gasteiger partial charge < -0.3 is 16.0 Å². The van der Waals surface area contributed by atoms with Gasteiger partial charge in [0.1, 0.15) is 5.82 Å². The normalized spacial score (nSPS) is 10.1. The summed E-state index contributed by atoms with van der Waals surface area (Å²) in [7, 11) is 1.76. The lowest BCUT2D eigenvalue weighted by Crippen LogP contribution is -2.30. The number of benzene rings is 2. The van der Waals surface area contributed by atoms with Crippen molar-refractivity contribution in [3.63, 3.8) is 0 Å². The van der Waals surface area contributed by atoms with Crippen molar-refractivity contribution in [3.05, 3.63) is 54.3 Å². The summed E-state index contributed by atoms with van der Waals surface area (Å²) in [6.07, 6.45) is 0. The number of anilines is 3. The van der Waals surface area contributed by atoms with Crippen LogP contribution in [0.5, 0.6) is 0 Å². The van der Waals surface area contributed by atoms with Crippen molar-refractivity contribution in [3.8, 4) is 0 Å². The number of hydrogen-bond donors (Lipinski definition) is 2. The van der Waals surface area contributed by atoms with Crippen molar-refractivity contribution in [1.82, 2.24) is 0 Å². The van der Waals surface area contributed by atoms with Crippen molar-refractivity contribution in [2.24, 2.45) is 0 Å². The molecule has 2 aromatic rings.